The third-order valence-electron chi connectivity index (χ3n) is 2.19. The summed E-state index contributed by atoms with van der Waals surface area (Å²) in [7, 11) is 2.82. The van der Waals surface area contributed by atoms with Gasteiger partial charge in [0.15, 0.2) is 5.75 Å². The average Bonchev–Trinajstić information content (AvgIpc) is 2.44. The highest BCUT2D eigenvalue weighted by atomic mass is 35.5. The highest BCUT2D eigenvalue weighted by molar-refractivity contribution is 6.42. The Balaban J connectivity index is 2.36. The molecule has 0 saturated heterocycles. The first-order chi connectivity index (χ1) is 9.53. The summed E-state index contributed by atoms with van der Waals surface area (Å²) in [5.41, 5.74) is 6.07. The number of anilines is 1. The van der Waals surface area contributed by atoms with E-state index in [1.807, 2.05) is 0 Å². The van der Waals surface area contributed by atoms with Crippen molar-refractivity contribution >= 4 is 28.9 Å². The molecule has 0 unspecified atom stereocenters. The molecule has 2 rings (SSSR count). The van der Waals surface area contributed by atoms with Gasteiger partial charge in [0.2, 0.25) is 0 Å². The second-order valence-corrected chi connectivity index (χ2v) is 4.31. The van der Waals surface area contributed by atoms with E-state index >= 15 is 0 Å². The molecule has 0 radical (unpaired) electrons. The number of nitrogens with two attached hydrogens (primary N) is 1. The third-order valence-corrected chi connectivity index (χ3v) is 2.92. The number of methoxy groups -OCH3 is 2. The normalized spacial score (nSPS) is 10.2. The summed E-state index contributed by atoms with van der Waals surface area (Å²) in [5, 5.41) is 0.617. The first-order valence-electron chi connectivity index (χ1n) is 5.30. The van der Waals surface area contributed by atoms with Gasteiger partial charge in [-0.3, -0.25) is 0 Å². The number of benzene rings is 1. The molecule has 2 aromatic rings. The second kappa shape index (κ2) is 5.98. The van der Waals surface area contributed by atoms with Crippen molar-refractivity contribution in [3.8, 4) is 23.8 Å². The maximum Gasteiger partial charge on any atom is 0.331 e. The maximum atomic E-state index is 5.90. The van der Waals surface area contributed by atoms with Crippen LogP contribution >= 0.6 is 23.2 Å². The van der Waals surface area contributed by atoms with Crippen LogP contribution in [0.25, 0.3) is 0 Å². The van der Waals surface area contributed by atoms with E-state index in [4.69, 9.17) is 43.1 Å². The lowest BCUT2D eigenvalue weighted by molar-refractivity contribution is 0.320. The van der Waals surface area contributed by atoms with Gasteiger partial charge in [-0.05, 0) is 6.07 Å². The van der Waals surface area contributed by atoms with E-state index < -0.39 is 0 Å². The standard InChI is InChI=1S/C11H10Cl2N4O3/c1-18-9-15-10(19-2)17-11(16-9)20-8-4-6(13)5(12)3-7(8)14/h3-4H,14H2,1-2H3. The fourth-order valence-electron chi connectivity index (χ4n) is 1.28. The molecule has 0 spiro atoms. The zero-order valence-corrected chi connectivity index (χ0v) is 12.1. The van der Waals surface area contributed by atoms with Gasteiger partial charge in [-0.15, -0.1) is 15.0 Å². The van der Waals surface area contributed by atoms with Gasteiger partial charge in [-0.1, -0.05) is 23.2 Å². The summed E-state index contributed by atoms with van der Waals surface area (Å²) >= 11 is 11.7. The first kappa shape index (κ1) is 14.4. The SMILES string of the molecule is COc1nc(OC)nc(Oc2cc(Cl)c(Cl)cc2N)n1. The largest absolute Gasteiger partial charge is 0.467 e. The predicted octanol–water partition coefficient (Wildman–Crippen LogP) is 2.57. The quantitative estimate of drug-likeness (QED) is 0.866. The zero-order valence-electron chi connectivity index (χ0n) is 10.6. The Morgan fingerprint density at radius 3 is 1.95 bits per heavy atom. The summed E-state index contributed by atoms with van der Waals surface area (Å²) in [5.74, 6) is 0.259. The van der Waals surface area contributed by atoms with Crippen LogP contribution in [0.3, 0.4) is 0 Å². The van der Waals surface area contributed by atoms with E-state index in [-0.39, 0.29) is 29.5 Å². The number of hydrogen-bond acceptors (Lipinski definition) is 7. The summed E-state index contributed by atoms with van der Waals surface area (Å²) < 4.78 is 15.3. The van der Waals surface area contributed by atoms with Crippen molar-refractivity contribution in [2.45, 2.75) is 0 Å². The molecular weight excluding hydrogens is 307 g/mol. The molecule has 7 nitrogen and oxygen atoms in total. The van der Waals surface area contributed by atoms with Gasteiger partial charge in [-0.25, -0.2) is 0 Å². The van der Waals surface area contributed by atoms with E-state index in [1.165, 1.54) is 26.4 Å². The molecule has 0 amide bonds. The maximum absolute atomic E-state index is 5.90. The molecule has 1 aromatic carbocycles. The monoisotopic (exact) mass is 316 g/mol. The lowest BCUT2D eigenvalue weighted by atomic mass is 10.3. The molecule has 0 aliphatic carbocycles. The van der Waals surface area contributed by atoms with Crippen molar-refractivity contribution in [1.82, 2.24) is 15.0 Å². The molecule has 20 heavy (non-hydrogen) atoms. The number of rotatable bonds is 4. The topological polar surface area (TPSA) is 92.4 Å². The lowest BCUT2D eigenvalue weighted by Gasteiger charge is -2.09. The first-order valence-corrected chi connectivity index (χ1v) is 6.05. The Labute approximate surface area is 124 Å². The molecule has 0 atom stereocenters. The second-order valence-electron chi connectivity index (χ2n) is 3.50. The van der Waals surface area contributed by atoms with Crippen LogP contribution in [0.1, 0.15) is 0 Å². The van der Waals surface area contributed by atoms with Crippen molar-refractivity contribution in [3.05, 3.63) is 22.2 Å². The van der Waals surface area contributed by atoms with Crippen molar-refractivity contribution in [3.63, 3.8) is 0 Å². The number of ether oxygens (including phenoxy) is 3. The third kappa shape index (κ3) is 3.12. The Morgan fingerprint density at radius 1 is 0.900 bits per heavy atom. The average molecular weight is 317 g/mol. The summed E-state index contributed by atoms with van der Waals surface area (Å²) in [6.07, 6.45) is 0. The molecule has 0 saturated carbocycles. The molecule has 2 N–H and O–H groups in total. The van der Waals surface area contributed by atoms with Crippen LogP contribution in [0.15, 0.2) is 12.1 Å². The Morgan fingerprint density at radius 2 is 1.40 bits per heavy atom. The van der Waals surface area contributed by atoms with Crippen molar-refractivity contribution < 1.29 is 14.2 Å². The Bertz CT molecular complexity index is 617. The minimum absolute atomic E-state index is 0.0428. The van der Waals surface area contributed by atoms with Crippen LogP contribution in [-0.2, 0) is 0 Å². The molecule has 1 aromatic heterocycles. The number of aromatic nitrogens is 3. The van der Waals surface area contributed by atoms with Gasteiger partial charge >= 0.3 is 18.0 Å². The van der Waals surface area contributed by atoms with Crippen molar-refractivity contribution in [2.24, 2.45) is 0 Å². The van der Waals surface area contributed by atoms with E-state index in [0.29, 0.717) is 10.0 Å². The Hall–Kier alpha value is -1.99. The van der Waals surface area contributed by atoms with Gasteiger partial charge in [0.1, 0.15) is 0 Å². The van der Waals surface area contributed by atoms with Crippen LogP contribution < -0.4 is 19.9 Å². The van der Waals surface area contributed by atoms with Gasteiger partial charge in [-0.2, -0.15) is 0 Å². The molecule has 0 aliphatic heterocycles. The molecule has 0 fully saturated rings. The van der Waals surface area contributed by atoms with Crippen LogP contribution in [0.4, 0.5) is 5.69 Å². The minimum atomic E-state index is -0.0428. The number of nitrogen functional groups attached to an aromatic ring is 1. The highest BCUT2D eigenvalue weighted by Gasteiger charge is 2.12. The fourth-order valence-corrected chi connectivity index (χ4v) is 1.61. The van der Waals surface area contributed by atoms with E-state index in [0.717, 1.165) is 0 Å². The van der Waals surface area contributed by atoms with Gasteiger partial charge in [0.25, 0.3) is 0 Å². The van der Waals surface area contributed by atoms with Gasteiger partial charge in [0, 0.05) is 6.07 Å². The summed E-state index contributed by atoms with van der Waals surface area (Å²) in [4.78, 5) is 11.7. The molecule has 0 aliphatic rings. The molecule has 1 heterocycles. The molecule has 0 bridgehead atoms. The predicted molar refractivity (Wildman–Crippen MR) is 73.9 cm³/mol. The van der Waals surface area contributed by atoms with Crippen LogP contribution in [0.5, 0.6) is 23.8 Å². The van der Waals surface area contributed by atoms with Crippen LogP contribution in [-0.4, -0.2) is 29.2 Å². The van der Waals surface area contributed by atoms with Crippen molar-refractivity contribution in [1.29, 1.82) is 0 Å². The van der Waals surface area contributed by atoms with Gasteiger partial charge < -0.3 is 19.9 Å². The number of nitrogens with zero attached hydrogens (tertiary/aromatic N) is 3. The van der Waals surface area contributed by atoms with E-state index in [9.17, 15) is 0 Å². The number of halogens is 2. The van der Waals surface area contributed by atoms with Crippen LogP contribution in [0, 0.1) is 0 Å². The molecule has 106 valence electrons. The number of hydrogen-bond donors (Lipinski definition) is 1. The summed E-state index contributed by atoms with van der Waals surface area (Å²) in [6.45, 7) is 0. The Kier molecular flexibility index (Phi) is 4.31. The van der Waals surface area contributed by atoms with E-state index in [1.54, 1.807) is 0 Å². The smallest absolute Gasteiger partial charge is 0.331 e. The lowest BCUT2D eigenvalue weighted by Crippen LogP contribution is -2.02. The minimum Gasteiger partial charge on any atom is -0.467 e. The van der Waals surface area contributed by atoms with Crippen molar-refractivity contribution in [2.75, 3.05) is 20.0 Å². The van der Waals surface area contributed by atoms with E-state index in [2.05, 4.69) is 15.0 Å². The highest BCUT2D eigenvalue weighted by Crippen LogP contribution is 2.34. The summed E-state index contributed by atoms with van der Waals surface area (Å²) in [6, 6.07) is 2.98. The molecular formula is C11H10Cl2N4O3. The zero-order chi connectivity index (χ0) is 14.7. The fraction of sp³-hybridized carbons (Fsp3) is 0.182. The van der Waals surface area contributed by atoms with Gasteiger partial charge in [0.05, 0.1) is 30.0 Å². The van der Waals surface area contributed by atoms with Crippen LogP contribution in [0.2, 0.25) is 10.0 Å². The molecule has 9 heteroatoms.